The SMILES string of the molecule is COc1ccccc1C/C(C)=N\NC(=O)c1nnn(-c2nonc2N)c1CN(C)C1CCCCC1. The highest BCUT2D eigenvalue weighted by Crippen LogP contribution is 2.24. The first-order valence-corrected chi connectivity index (χ1v) is 11.7. The van der Waals surface area contributed by atoms with Crippen molar-refractivity contribution in [3.63, 3.8) is 0 Å². The smallest absolute Gasteiger partial charge is 0.293 e. The Hall–Kier alpha value is -3.80. The Morgan fingerprint density at radius 1 is 1.29 bits per heavy atom. The molecule has 0 aliphatic heterocycles. The lowest BCUT2D eigenvalue weighted by atomic mass is 9.94. The number of benzene rings is 1. The molecule has 12 heteroatoms. The van der Waals surface area contributed by atoms with Crippen LogP contribution in [0.4, 0.5) is 5.82 Å². The average Bonchev–Trinajstić information content (AvgIpc) is 3.49. The molecule has 4 rings (SSSR count). The van der Waals surface area contributed by atoms with E-state index in [0.717, 1.165) is 24.2 Å². The molecule has 0 spiro atoms. The van der Waals surface area contributed by atoms with Crippen LogP contribution in [0.5, 0.6) is 5.75 Å². The number of aromatic nitrogens is 5. The molecule has 1 fully saturated rings. The van der Waals surface area contributed by atoms with Gasteiger partial charge in [0.25, 0.3) is 5.91 Å². The maximum atomic E-state index is 13.1. The number of carbonyl (C=O) groups excluding carboxylic acids is 1. The van der Waals surface area contributed by atoms with Gasteiger partial charge >= 0.3 is 0 Å². The number of nitrogens with zero attached hydrogens (tertiary/aromatic N) is 7. The molecule has 186 valence electrons. The number of para-hydroxylation sites is 1. The van der Waals surface area contributed by atoms with Crippen molar-refractivity contribution < 1.29 is 14.2 Å². The molecule has 2 heterocycles. The number of hydrogen-bond donors (Lipinski definition) is 2. The van der Waals surface area contributed by atoms with Crippen LogP contribution < -0.4 is 15.9 Å². The van der Waals surface area contributed by atoms with Crippen LogP contribution in [0, 0.1) is 0 Å². The number of hydrazone groups is 1. The second kappa shape index (κ2) is 11.1. The highest BCUT2D eigenvalue weighted by Gasteiger charge is 2.27. The summed E-state index contributed by atoms with van der Waals surface area (Å²) in [6, 6.07) is 8.10. The van der Waals surface area contributed by atoms with Gasteiger partial charge in [-0.3, -0.25) is 9.69 Å². The topological polar surface area (TPSA) is 150 Å². The van der Waals surface area contributed by atoms with E-state index in [1.165, 1.54) is 23.9 Å². The molecular formula is C23H31N9O3. The van der Waals surface area contributed by atoms with Crippen LogP contribution in [0.1, 0.15) is 60.8 Å². The largest absolute Gasteiger partial charge is 0.496 e. The number of anilines is 1. The van der Waals surface area contributed by atoms with Crippen LogP contribution >= 0.6 is 0 Å². The van der Waals surface area contributed by atoms with Crippen molar-refractivity contribution in [1.82, 2.24) is 35.6 Å². The molecule has 0 saturated heterocycles. The van der Waals surface area contributed by atoms with Crippen LogP contribution in [0.25, 0.3) is 5.82 Å². The van der Waals surface area contributed by atoms with Gasteiger partial charge < -0.3 is 10.5 Å². The lowest BCUT2D eigenvalue weighted by molar-refractivity contribution is 0.0946. The minimum Gasteiger partial charge on any atom is -0.496 e. The molecule has 2 aromatic heterocycles. The first-order chi connectivity index (χ1) is 17.0. The van der Waals surface area contributed by atoms with Gasteiger partial charge in [0, 0.05) is 24.7 Å². The summed E-state index contributed by atoms with van der Waals surface area (Å²) in [6.07, 6.45) is 6.39. The third-order valence-corrected chi connectivity index (χ3v) is 6.26. The predicted octanol–water partition coefficient (Wildman–Crippen LogP) is 2.35. The second-order valence-electron chi connectivity index (χ2n) is 8.75. The predicted molar refractivity (Wildman–Crippen MR) is 129 cm³/mol. The van der Waals surface area contributed by atoms with E-state index < -0.39 is 5.91 Å². The van der Waals surface area contributed by atoms with Gasteiger partial charge in [-0.25, -0.2) is 10.1 Å². The molecule has 1 aliphatic rings. The zero-order chi connectivity index (χ0) is 24.8. The van der Waals surface area contributed by atoms with Gasteiger partial charge in [0.05, 0.1) is 12.8 Å². The molecule has 0 atom stereocenters. The number of carbonyl (C=O) groups is 1. The van der Waals surface area contributed by atoms with Crippen LogP contribution in [0.2, 0.25) is 0 Å². The number of nitrogen functional groups attached to an aromatic ring is 1. The van der Waals surface area contributed by atoms with Crippen molar-refractivity contribution in [2.24, 2.45) is 5.10 Å². The first-order valence-electron chi connectivity index (χ1n) is 11.7. The third kappa shape index (κ3) is 5.65. The van der Waals surface area contributed by atoms with Gasteiger partial charge in [-0.1, -0.05) is 42.7 Å². The molecule has 3 N–H and O–H groups in total. The number of hydrogen-bond acceptors (Lipinski definition) is 10. The van der Waals surface area contributed by atoms with E-state index in [4.69, 9.17) is 15.1 Å². The third-order valence-electron chi connectivity index (χ3n) is 6.26. The van der Waals surface area contributed by atoms with E-state index in [1.54, 1.807) is 7.11 Å². The van der Waals surface area contributed by atoms with E-state index >= 15 is 0 Å². The quantitative estimate of drug-likeness (QED) is 0.347. The van der Waals surface area contributed by atoms with Crippen LogP contribution in [0.3, 0.4) is 0 Å². The summed E-state index contributed by atoms with van der Waals surface area (Å²) in [5.41, 5.74) is 10.9. The molecule has 0 radical (unpaired) electrons. The summed E-state index contributed by atoms with van der Waals surface area (Å²) in [6.45, 7) is 2.26. The fourth-order valence-electron chi connectivity index (χ4n) is 4.38. The van der Waals surface area contributed by atoms with Gasteiger partial charge in [-0.05, 0) is 48.8 Å². The van der Waals surface area contributed by atoms with Crippen LogP contribution in [-0.4, -0.2) is 62.0 Å². The Labute approximate surface area is 203 Å². The monoisotopic (exact) mass is 481 g/mol. The lowest BCUT2D eigenvalue weighted by Crippen LogP contribution is -2.34. The van der Waals surface area contributed by atoms with E-state index in [1.807, 2.05) is 38.2 Å². The van der Waals surface area contributed by atoms with Gasteiger partial charge in [0.15, 0.2) is 5.69 Å². The molecular weight excluding hydrogens is 450 g/mol. The van der Waals surface area contributed by atoms with Crippen LogP contribution in [-0.2, 0) is 13.0 Å². The summed E-state index contributed by atoms with van der Waals surface area (Å²) in [4.78, 5) is 15.3. The molecule has 1 aromatic carbocycles. The summed E-state index contributed by atoms with van der Waals surface area (Å²) in [5.74, 6) is 0.550. The fourth-order valence-corrected chi connectivity index (χ4v) is 4.38. The van der Waals surface area contributed by atoms with Crippen molar-refractivity contribution >= 4 is 17.4 Å². The van der Waals surface area contributed by atoms with Crippen molar-refractivity contribution in [1.29, 1.82) is 0 Å². The van der Waals surface area contributed by atoms with E-state index in [-0.39, 0.29) is 17.3 Å². The van der Waals surface area contributed by atoms with Crippen molar-refractivity contribution in [2.75, 3.05) is 19.9 Å². The van der Waals surface area contributed by atoms with Crippen molar-refractivity contribution in [3.8, 4) is 11.6 Å². The summed E-state index contributed by atoms with van der Waals surface area (Å²) in [7, 11) is 3.66. The molecule has 1 amide bonds. The Balaban J connectivity index is 1.54. The zero-order valence-electron chi connectivity index (χ0n) is 20.3. The summed E-state index contributed by atoms with van der Waals surface area (Å²) < 4.78 is 11.5. The Morgan fingerprint density at radius 3 is 2.77 bits per heavy atom. The average molecular weight is 482 g/mol. The van der Waals surface area contributed by atoms with E-state index in [2.05, 4.69) is 36.1 Å². The summed E-state index contributed by atoms with van der Waals surface area (Å²) >= 11 is 0. The maximum Gasteiger partial charge on any atom is 0.293 e. The van der Waals surface area contributed by atoms with Gasteiger partial charge in [0.2, 0.25) is 11.6 Å². The van der Waals surface area contributed by atoms with Crippen molar-refractivity contribution in [3.05, 3.63) is 41.2 Å². The molecule has 0 bridgehead atoms. The number of nitrogens with two attached hydrogens (primary N) is 1. The highest BCUT2D eigenvalue weighted by atomic mass is 16.6. The minimum absolute atomic E-state index is 0.0640. The van der Waals surface area contributed by atoms with Gasteiger partial charge in [-0.15, -0.1) is 5.10 Å². The molecule has 35 heavy (non-hydrogen) atoms. The van der Waals surface area contributed by atoms with Gasteiger partial charge in [-0.2, -0.15) is 9.78 Å². The molecule has 1 saturated carbocycles. The molecule has 12 nitrogen and oxygen atoms in total. The van der Waals surface area contributed by atoms with Gasteiger partial charge in [0.1, 0.15) is 5.75 Å². The first kappa shape index (κ1) is 24.3. The van der Waals surface area contributed by atoms with Crippen molar-refractivity contribution in [2.45, 2.75) is 58.0 Å². The Bertz CT molecular complexity index is 1180. The molecule has 0 unspecified atom stereocenters. The highest BCUT2D eigenvalue weighted by molar-refractivity contribution is 5.94. The van der Waals surface area contributed by atoms with E-state index in [9.17, 15) is 4.79 Å². The lowest BCUT2D eigenvalue weighted by Gasteiger charge is -2.31. The normalized spacial score (nSPS) is 14.9. The second-order valence-corrected chi connectivity index (χ2v) is 8.75. The standard InChI is InChI=1S/C23H31N9O3/c1-15(13-16-9-7-8-12-19(16)34-3)25-27-23(33)20-18(14-31(2)17-10-5-4-6-11-17)32(30-26-20)22-21(24)28-35-29-22/h7-9,12,17H,4-6,10-11,13-14H2,1-3H3,(H2,24,28)(H,27,33)/b25-15-. The number of amides is 1. The number of methoxy groups -OCH3 is 1. The summed E-state index contributed by atoms with van der Waals surface area (Å²) in [5, 5.41) is 20.0. The number of ether oxygens (including phenoxy) is 1. The van der Waals surface area contributed by atoms with E-state index in [0.29, 0.717) is 30.4 Å². The minimum atomic E-state index is -0.474. The Morgan fingerprint density at radius 2 is 2.06 bits per heavy atom. The fraction of sp³-hybridized carbons (Fsp3) is 0.478. The number of rotatable bonds is 9. The maximum absolute atomic E-state index is 13.1. The molecule has 3 aromatic rings. The zero-order valence-corrected chi connectivity index (χ0v) is 20.3. The molecule has 1 aliphatic carbocycles. The van der Waals surface area contributed by atoms with Crippen LogP contribution in [0.15, 0.2) is 34.0 Å². The number of nitrogens with one attached hydrogen (secondary N) is 1. The Kier molecular flexibility index (Phi) is 7.70.